The Kier molecular flexibility index (Phi) is 1.75. The lowest BCUT2D eigenvalue weighted by Crippen LogP contribution is -2.40. The Labute approximate surface area is 61.2 Å². The van der Waals surface area contributed by atoms with Crippen molar-refractivity contribution in [1.82, 2.24) is 0 Å². The molecule has 60 valence electrons. The van der Waals surface area contributed by atoms with Crippen LogP contribution in [0.15, 0.2) is 0 Å². The Bertz CT molecular complexity index is 119. The van der Waals surface area contributed by atoms with Crippen LogP contribution in [0.5, 0.6) is 0 Å². The van der Waals surface area contributed by atoms with Crippen LogP contribution in [0.2, 0.25) is 0 Å². The molecule has 0 aromatic carbocycles. The molecule has 1 rings (SSSR count). The zero-order valence-electron chi connectivity index (χ0n) is 6.93. The standard InChI is InChI=1S/C7H14O3/c1-6(2,3)7(4)8-5-9-10-7/h5H2,1-4H3. The van der Waals surface area contributed by atoms with Crippen LogP contribution in [-0.2, 0) is 14.5 Å². The zero-order chi connectivity index (χ0) is 7.83. The van der Waals surface area contributed by atoms with E-state index in [4.69, 9.17) is 9.62 Å². The van der Waals surface area contributed by atoms with E-state index in [1.807, 2.05) is 27.7 Å². The van der Waals surface area contributed by atoms with Gasteiger partial charge in [0.1, 0.15) is 0 Å². The molecular weight excluding hydrogens is 132 g/mol. The summed E-state index contributed by atoms with van der Waals surface area (Å²) in [6.07, 6.45) is 0. The molecular formula is C7H14O3. The highest BCUT2D eigenvalue weighted by atomic mass is 17.3. The fraction of sp³-hybridized carbons (Fsp3) is 1.00. The molecule has 0 radical (unpaired) electrons. The highest BCUT2D eigenvalue weighted by Gasteiger charge is 2.44. The molecule has 1 unspecified atom stereocenters. The molecule has 10 heavy (non-hydrogen) atoms. The molecule has 1 aliphatic rings. The van der Waals surface area contributed by atoms with E-state index in [-0.39, 0.29) is 12.2 Å². The van der Waals surface area contributed by atoms with Crippen LogP contribution in [0, 0.1) is 5.41 Å². The van der Waals surface area contributed by atoms with Crippen LogP contribution in [0.3, 0.4) is 0 Å². The number of ether oxygens (including phenoxy) is 1. The molecule has 3 nitrogen and oxygen atoms in total. The van der Waals surface area contributed by atoms with E-state index < -0.39 is 5.79 Å². The molecule has 3 heteroatoms. The molecule has 1 heterocycles. The number of hydrogen-bond donors (Lipinski definition) is 0. The maximum Gasteiger partial charge on any atom is 0.206 e. The fourth-order valence-corrected chi connectivity index (χ4v) is 0.639. The van der Waals surface area contributed by atoms with Gasteiger partial charge >= 0.3 is 0 Å². The average Bonchev–Trinajstić information content (AvgIpc) is 2.13. The summed E-state index contributed by atoms with van der Waals surface area (Å²) in [5.74, 6) is -0.590. The molecule has 0 amide bonds. The monoisotopic (exact) mass is 146 g/mol. The van der Waals surface area contributed by atoms with Crippen molar-refractivity contribution in [3.8, 4) is 0 Å². The van der Waals surface area contributed by atoms with E-state index in [1.165, 1.54) is 0 Å². The fourth-order valence-electron chi connectivity index (χ4n) is 0.639. The van der Waals surface area contributed by atoms with Crippen molar-refractivity contribution in [2.75, 3.05) is 6.79 Å². The van der Waals surface area contributed by atoms with Gasteiger partial charge in [0, 0.05) is 5.41 Å². The molecule has 0 aliphatic carbocycles. The minimum absolute atomic E-state index is 0.0521. The Morgan fingerprint density at radius 1 is 1.30 bits per heavy atom. The Morgan fingerprint density at radius 3 is 2.10 bits per heavy atom. The van der Waals surface area contributed by atoms with Gasteiger partial charge in [-0.1, -0.05) is 20.8 Å². The van der Waals surface area contributed by atoms with Gasteiger partial charge in [-0.15, -0.1) is 0 Å². The topological polar surface area (TPSA) is 27.7 Å². The van der Waals surface area contributed by atoms with E-state index in [1.54, 1.807) is 0 Å². The predicted octanol–water partition coefficient (Wildman–Crippen LogP) is 1.68. The van der Waals surface area contributed by atoms with Gasteiger partial charge < -0.3 is 4.74 Å². The summed E-state index contributed by atoms with van der Waals surface area (Å²) in [7, 11) is 0. The predicted molar refractivity (Wildman–Crippen MR) is 36.0 cm³/mol. The summed E-state index contributed by atoms with van der Waals surface area (Å²) in [5.41, 5.74) is -0.0521. The van der Waals surface area contributed by atoms with Crippen molar-refractivity contribution in [2.24, 2.45) is 5.41 Å². The normalized spacial score (nSPS) is 34.8. The quantitative estimate of drug-likeness (QED) is 0.487. The first-order valence-corrected chi connectivity index (χ1v) is 3.40. The lowest BCUT2D eigenvalue weighted by Gasteiger charge is -2.33. The summed E-state index contributed by atoms with van der Waals surface area (Å²) >= 11 is 0. The molecule has 1 saturated heterocycles. The second-order valence-corrected chi connectivity index (χ2v) is 3.66. The molecule has 1 fully saturated rings. The van der Waals surface area contributed by atoms with E-state index in [9.17, 15) is 0 Å². The Hall–Kier alpha value is -0.120. The van der Waals surface area contributed by atoms with Gasteiger partial charge in [-0.25, -0.2) is 4.89 Å². The SMILES string of the molecule is CC(C)(C)C1(C)OCOO1. The highest BCUT2D eigenvalue weighted by Crippen LogP contribution is 2.37. The van der Waals surface area contributed by atoms with Gasteiger partial charge in [0.05, 0.1) is 0 Å². The van der Waals surface area contributed by atoms with Gasteiger partial charge in [-0.3, -0.25) is 0 Å². The van der Waals surface area contributed by atoms with E-state index in [0.29, 0.717) is 0 Å². The van der Waals surface area contributed by atoms with Crippen LogP contribution in [-0.4, -0.2) is 12.6 Å². The molecule has 1 atom stereocenters. The Morgan fingerprint density at radius 2 is 1.90 bits per heavy atom. The minimum atomic E-state index is -0.590. The first kappa shape index (κ1) is 7.98. The average molecular weight is 146 g/mol. The third kappa shape index (κ3) is 1.17. The number of rotatable bonds is 0. The van der Waals surface area contributed by atoms with Gasteiger partial charge in [0.25, 0.3) is 0 Å². The van der Waals surface area contributed by atoms with Crippen LogP contribution in [0.1, 0.15) is 27.7 Å². The number of hydrogen-bond acceptors (Lipinski definition) is 3. The van der Waals surface area contributed by atoms with Crippen LogP contribution in [0.4, 0.5) is 0 Å². The molecule has 1 aliphatic heterocycles. The summed E-state index contributed by atoms with van der Waals surface area (Å²) < 4.78 is 5.26. The Balaban J connectivity index is 2.67. The van der Waals surface area contributed by atoms with Gasteiger partial charge in [0.15, 0.2) is 6.79 Å². The van der Waals surface area contributed by atoms with Crippen molar-refractivity contribution in [1.29, 1.82) is 0 Å². The summed E-state index contributed by atoms with van der Waals surface area (Å²) in [5, 5.41) is 0. The smallest absolute Gasteiger partial charge is 0.206 e. The second-order valence-electron chi connectivity index (χ2n) is 3.66. The second kappa shape index (κ2) is 2.19. The molecule has 0 saturated carbocycles. The van der Waals surface area contributed by atoms with Crippen molar-refractivity contribution in [3.05, 3.63) is 0 Å². The van der Waals surface area contributed by atoms with Crippen molar-refractivity contribution in [3.63, 3.8) is 0 Å². The van der Waals surface area contributed by atoms with Crippen LogP contribution < -0.4 is 0 Å². The van der Waals surface area contributed by atoms with Crippen molar-refractivity contribution < 1.29 is 14.5 Å². The molecule has 0 bridgehead atoms. The van der Waals surface area contributed by atoms with E-state index >= 15 is 0 Å². The third-order valence-corrected chi connectivity index (χ3v) is 1.96. The first-order chi connectivity index (χ1) is 4.46. The van der Waals surface area contributed by atoms with Gasteiger partial charge in [-0.05, 0) is 6.92 Å². The summed E-state index contributed by atoms with van der Waals surface area (Å²) in [6, 6.07) is 0. The molecule has 0 N–H and O–H groups in total. The van der Waals surface area contributed by atoms with Crippen LogP contribution in [0.25, 0.3) is 0 Å². The van der Waals surface area contributed by atoms with Gasteiger partial charge in [0.2, 0.25) is 5.79 Å². The van der Waals surface area contributed by atoms with Crippen LogP contribution >= 0.6 is 0 Å². The highest BCUT2D eigenvalue weighted by molar-refractivity contribution is 4.79. The van der Waals surface area contributed by atoms with Crippen molar-refractivity contribution in [2.45, 2.75) is 33.5 Å². The molecule has 0 spiro atoms. The van der Waals surface area contributed by atoms with Gasteiger partial charge in [-0.2, -0.15) is 4.89 Å². The maximum atomic E-state index is 5.26. The van der Waals surface area contributed by atoms with E-state index in [0.717, 1.165) is 0 Å². The lowest BCUT2D eigenvalue weighted by molar-refractivity contribution is -0.342. The summed E-state index contributed by atoms with van der Waals surface area (Å²) in [4.78, 5) is 9.65. The third-order valence-electron chi connectivity index (χ3n) is 1.96. The maximum absolute atomic E-state index is 5.26. The first-order valence-electron chi connectivity index (χ1n) is 3.40. The minimum Gasteiger partial charge on any atom is -0.317 e. The molecule has 0 aromatic rings. The zero-order valence-corrected chi connectivity index (χ0v) is 6.93. The van der Waals surface area contributed by atoms with E-state index in [2.05, 4.69) is 4.89 Å². The lowest BCUT2D eigenvalue weighted by atomic mass is 9.87. The van der Waals surface area contributed by atoms with Crippen molar-refractivity contribution >= 4 is 0 Å². The summed E-state index contributed by atoms with van der Waals surface area (Å²) in [6.45, 7) is 8.23. The largest absolute Gasteiger partial charge is 0.317 e. The molecule has 0 aromatic heterocycles.